The van der Waals surface area contributed by atoms with Gasteiger partial charge in [-0.2, -0.15) is 0 Å². The highest BCUT2D eigenvalue weighted by molar-refractivity contribution is 6.28. The van der Waals surface area contributed by atoms with E-state index in [0.717, 1.165) is 29.9 Å². The molecule has 10 amide bonds. The summed E-state index contributed by atoms with van der Waals surface area (Å²) < 4.78 is 87.6. The average molecular weight is 1840 g/mol. The van der Waals surface area contributed by atoms with Gasteiger partial charge >= 0.3 is 12.1 Å². The van der Waals surface area contributed by atoms with Crippen molar-refractivity contribution in [3.63, 3.8) is 0 Å². The van der Waals surface area contributed by atoms with E-state index in [9.17, 15) is 73.2 Å². The lowest BCUT2D eigenvalue weighted by atomic mass is 9.99. The molecule has 3 aromatic carbocycles. The van der Waals surface area contributed by atoms with Crippen LogP contribution in [-0.2, 0) is 135 Å². The van der Waals surface area contributed by atoms with Gasteiger partial charge in [0.25, 0.3) is 23.6 Å². The lowest BCUT2D eigenvalue weighted by Gasteiger charge is -2.38. The summed E-state index contributed by atoms with van der Waals surface area (Å²) in [7, 11) is 1.63. The van der Waals surface area contributed by atoms with E-state index >= 15 is 0 Å². The Morgan fingerprint density at radius 3 is 1.69 bits per heavy atom. The van der Waals surface area contributed by atoms with E-state index in [1.165, 1.54) is 47.5 Å². The van der Waals surface area contributed by atoms with Gasteiger partial charge in [0.2, 0.25) is 35.8 Å². The Labute approximate surface area is 758 Å². The Kier molecular flexibility index (Phi) is 47.8. The molecule has 0 spiro atoms. The molecule has 4 aliphatic heterocycles. The van der Waals surface area contributed by atoms with Crippen LogP contribution in [0.2, 0.25) is 0 Å². The molecule has 4 aliphatic rings. The maximum atomic E-state index is 13.8. The number of amidine groups is 1. The number of pyridine rings is 1. The highest BCUT2D eigenvalue weighted by atomic mass is 16.7. The van der Waals surface area contributed by atoms with Crippen LogP contribution in [-0.4, -0.2) is 355 Å². The van der Waals surface area contributed by atoms with E-state index in [0.29, 0.717) is 199 Å². The van der Waals surface area contributed by atoms with Crippen molar-refractivity contribution >= 4 is 99.9 Å². The quantitative estimate of drug-likeness (QED) is 0.0217. The van der Waals surface area contributed by atoms with Gasteiger partial charge in [0.05, 0.1) is 214 Å². The second-order valence-electron chi connectivity index (χ2n) is 29.7. The minimum atomic E-state index is -2.06. The minimum Gasteiger partial charge on any atom is -0.479 e. The third-order valence-electron chi connectivity index (χ3n) is 19.7. The van der Waals surface area contributed by atoms with Gasteiger partial charge < -0.3 is 144 Å². The van der Waals surface area contributed by atoms with Crippen LogP contribution < -0.4 is 47.3 Å². The molecule has 720 valence electrons. The number of hydrogen-bond acceptors (Lipinski definition) is 33. The van der Waals surface area contributed by atoms with Crippen LogP contribution in [0, 0.1) is 0 Å². The van der Waals surface area contributed by atoms with E-state index in [1.807, 2.05) is 13.8 Å². The Bertz CT molecular complexity index is 4420. The number of nitrogens with two attached hydrogens (primary N) is 1. The number of anilines is 3. The fraction of sp³-hybridized carbons (Fsp3) is 0.557. The van der Waals surface area contributed by atoms with E-state index in [2.05, 4.69) is 41.9 Å². The number of hydrogen-bond donors (Lipinski definition) is 11. The van der Waals surface area contributed by atoms with Gasteiger partial charge in [-0.05, 0) is 84.5 Å². The van der Waals surface area contributed by atoms with Crippen LogP contribution in [0.25, 0.3) is 6.08 Å². The third kappa shape index (κ3) is 37.7. The topological polar surface area (TPSA) is 550 Å². The van der Waals surface area contributed by atoms with Gasteiger partial charge in [0.15, 0.2) is 6.10 Å². The number of aliphatic hydroxyl groups is 3. The van der Waals surface area contributed by atoms with Gasteiger partial charge in [-0.3, -0.25) is 48.1 Å². The summed E-state index contributed by atoms with van der Waals surface area (Å²) in [5, 5.41) is 57.1. The normalized spacial score (nSPS) is 16.3. The minimum absolute atomic E-state index is 0.0128. The van der Waals surface area contributed by atoms with Crippen molar-refractivity contribution in [1.29, 1.82) is 0 Å². The van der Waals surface area contributed by atoms with Gasteiger partial charge in [-0.1, -0.05) is 32.0 Å². The van der Waals surface area contributed by atoms with Gasteiger partial charge in [-0.25, -0.2) is 19.5 Å². The number of nitrogens with zero attached hydrogens (tertiary/aromatic N) is 5. The maximum Gasteiger partial charge on any atom is 0.410 e. The number of fused-ring (bicyclic) bond motifs is 2. The van der Waals surface area contributed by atoms with Crippen LogP contribution in [0.15, 0.2) is 89.6 Å². The molecule has 1 saturated heterocycles. The fourth-order valence-corrected chi connectivity index (χ4v) is 13.1. The monoisotopic (exact) mass is 1840 g/mol. The summed E-state index contributed by atoms with van der Waals surface area (Å²) in [5.74, 6) is -7.18. The van der Waals surface area contributed by atoms with Crippen molar-refractivity contribution in [2.75, 3.05) is 234 Å². The number of carboxylic acids is 1. The van der Waals surface area contributed by atoms with E-state index in [4.69, 9.17) is 81.5 Å². The molecule has 43 nitrogen and oxygen atoms in total. The number of methoxy groups -OCH3 is 1. The number of aryl methyl sites for hydroxylation is 1. The number of aromatic nitrogens is 1. The molecule has 0 unspecified atom stereocenters. The summed E-state index contributed by atoms with van der Waals surface area (Å²) in [6, 6.07) is 14.7. The molecule has 0 bridgehead atoms. The summed E-state index contributed by atoms with van der Waals surface area (Å²) >= 11 is 0. The van der Waals surface area contributed by atoms with Crippen molar-refractivity contribution < 1.29 is 149 Å². The molecule has 5 atom stereocenters. The number of carbonyl (C=O) groups excluding carboxylic acids is 10. The number of carboxylic acid groups (broad SMARTS) is 1. The van der Waals surface area contributed by atoms with Crippen molar-refractivity contribution in [2.24, 2.45) is 10.7 Å². The first-order valence-corrected chi connectivity index (χ1v) is 43.4. The lowest BCUT2D eigenvalue weighted by molar-refractivity contribution is -0.271. The summed E-state index contributed by atoms with van der Waals surface area (Å²) in [6.07, 6.45) is -4.25. The molecule has 131 heavy (non-hydrogen) atoms. The van der Waals surface area contributed by atoms with E-state index in [-0.39, 0.29) is 116 Å². The molecular formula is C88H122N12O31. The standard InChI is InChI=1S/C88H122N12O31/c1-4-20-98(21-5-2)85(112)63-49-61-7-8-62(51-69(61)96-72(89)52-63)83(110)95-65-50-64-57-99(22-17-68(64)92-54-65)88(115)129-58-59-6-12-71(130-87-81(109)79(107)80(108)82(131-87)86(113)114)70(48-59)97-74(102)16-18-90-73(101)13-10-60-9-11-66(100-77(105)14-15-78(100)106)53-67(60)84(111)94-56-76(104)93-55-75(103)91-19-23-117-26-27-119-30-31-121-34-35-123-38-39-125-42-43-127-46-47-128-45-44-126-41-40-124-37-36-122-33-32-120-29-28-118-25-24-116-3/h6-9,11-12,14-15,48-51,53-54,79-82,87,107-109H,4-5,10,13,16-47,52,55-58H2,1-3H3,(H2,89,96)(H,90,101)(H,91,103)(H,93,104)(H,94,111)(H,95,110)(H,97,102)(H,113,114)/t79-,80-,81+,82-,87+/m0/s1. The van der Waals surface area contributed by atoms with Crippen molar-refractivity contribution in [3.8, 4) is 5.75 Å². The van der Waals surface area contributed by atoms with E-state index in [1.54, 1.807) is 42.4 Å². The molecule has 0 aliphatic carbocycles. The zero-order chi connectivity index (χ0) is 93.9. The largest absolute Gasteiger partial charge is 0.479 e. The van der Waals surface area contributed by atoms with Crippen molar-refractivity contribution in [3.05, 3.63) is 124 Å². The molecule has 1 aromatic heterocycles. The Hall–Kier alpha value is -10.9. The molecule has 8 rings (SSSR count). The fourth-order valence-electron chi connectivity index (χ4n) is 13.1. The zero-order valence-corrected chi connectivity index (χ0v) is 74.1. The number of nitrogens with one attached hydrogen (secondary N) is 6. The third-order valence-corrected chi connectivity index (χ3v) is 19.7. The molecule has 12 N–H and O–H groups in total. The number of amides is 10. The van der Waals surface area contributed by atoms with Gasteiger partial charge in [-0.15, -0.1) is 0 Å². The average Bonchev–Trinajstić information content (AvgIpc) is 1.79. The molecular weight excluding hydrogens is 1720 g/mol. The van der Waals surface area contributed by atoms with Crippen LogP contribution in [0.4, 0.5) is 27.5 Å². The highest BCUT2D eigenvalue weighted by Gasteiger charge is 2.48. The van der Waals surface area contributed by atoms with E-state index < -0.39 is 116 Å². The first kappa shape index (κ1) is 105. The molecule has 1 fully saturated rings. The second kappa shape index (κ2) is 59.5. The predicted molar refractivity (Wildman–Crippen MR) is 468 cm³/mol. The van der Waals surface area contributed by atoms with Crippen LogP contribution in [0.3, 0.4) is 0 Å². The predicted octanol–water partition coefficient (Wildman–Crippen LogP) is 1.04. The van der Waals surface area contributed by atoms with Crippen LogP contribution in [0.1, 0.15) is 94.6 Å². The lowest BCUT2D eigenvalue weighted by Crippen LogP contribution is -2.61. The molecule has 0 radical (unpaired) electrons. The first-order valence-electron chi connectivity index (χ1n) is 43.4. The van der Waals surface area contributed by atoms with Crippen LogP contribution >= 0.6 is 0 Å². The number of rotatable bonds is 64. The number of carbonyl (C=O) groups is 11. The number of ether oxygens (including phenoxy) is 16. The smallest absolute Gasteiger partial charge is 0.410 e. The summed E-state index contributed by atoms with van der Waals surface area (Å²) in [5.41, 5.74) is 9.99. The second-order valence-corrected chi connectivity index (χ2v) is 29.7. The Balaban J connectivity index is 0.693. The molecule has 43 heteroatoms. The Morgan fingerprint density at radius 2 is 1.12 bits per heavy atom. The van der Waals surface area contributed by atoms with Crippen molar-refractivity contribution in [2.45, 2.75) is 103 Å². The Morgan fingerprint density at radius 1 is 0.573 bits per heavy atom. The molecule has 4 aromatic rings. The number of imide groups is 1. The SMILES string of the molecule is CCCN(CCC)C(=O)C1=Cc2ccc(C(=O)Nc3cnc4c(c3)CN(C(=O)OCc3ccc(O[C@@H]5O[C@H](C(=O)O)[C@@H](O)[C@H](O)[C@H]5O)c(NC(=O)CCNC(=O)CCc5ccc(N6C(=O)C=CC6=O)cc5C(=O)NCC(=O)NCC(=O)NCCOCCOCCOCCOCCOCCOCCOCCOCCOCCOCCOCCOCCOC)c3)CC4)cc2N=C(N)C1. The number of aliphatic carboxylic acids is 1. The highest BCUT2D eigenvalue weighted by Crippen LogP contribution is 2.34. The number of aliphatic imine (C=N–C) groups is 1. The maximum absolute atomic E-state index is 13.8. The molecule has 5 heterocycles. The van der Waals surface area contributed by atoms with Crippen LogP contribution in [0.5, 0.6) is 5.75 Å². The number of benzene rings is 3. The van der Waals surface area contributed by atoms with Gasteiger partial charge in [0.1, 0.15) is 36.5 Å². The zero-order valence-electron chi connectivity index (χ0n) is 74.1. The number of aliphatic hydroxyl groups excluding tert-OH is 3. The van der Waals surface area contributed by atoms with Crippen molar-refractivity contribution in [1.82, 2.24) is 36.1 Å². The summed E-state index contributed by atoms with van der Waals surface area (Å²) in [4.78, 5) is 158. The summed E-state index contributed by atoms with van der Waals surface area (Å²) in [6.45, 7) is 14.2. The first-order chi connectivity index (χ1) is 63.5. The van der Waals surface area contributed by atoms with Gasteiger partial charge in [0, 0.05) is 106 Å². The molecule has 0 saturated carbocycles.